The van der Waals surface area contributed by atoms with Crippen molar-refractivity contribution in [2.24, 2.45) is 0 Å². The van der Waals surface area contributed by atoms with Crippen LogP contribution in [0.5, 0.6) is 0 Å². The van der Waals surface area contributed by atoms with Crippen LogP contribution in [0.4, 0.5) is 11.5 Å². The highest BCUT2D eigenvalue weighted by atomic mass is 32.2. The van der Waals surface area contributed by atoms with Gasteiger partial charge in [0.25, 0.3) is 11.3 Å². The Morgan fingerprint density at radius 2 is 1.88 bits per heavy atom. The van der Waals surface area contributed by atoms with Gasteiger partial charge >= 0.3 is 5.69 Å². The minimum absolute atomic E-state index is 0.0143. The van der Waals surface area contributed by atoms with E-state index >= 15 is 0 Å². The number of anilines is 2. The van der Waals surface area contributed by atoms with Crippen LogP contribution in [0.15, 0.2) is 20.8 Å². The SMILES string of the molecule is CCCCCN(C(=O)CSc1nnc2nc(C)cc(C)n12)c1c(N)n(CCCC)c(=O)[nH]c1=O. The predicted octanol–water partition coefficient (Wildman–Crippen LogP) is 2.29. The summed E-state index contributed by atoms with van der Waals surface area (Å²) in [5, 5.41) is 8.82. The summed E-state index contributed by atoms with van der Waals surface area (Å²) >= 11 is 1.22. The molecule has 0 aliphatic carbocycles. The highest BCUT2D eigenvalue weighted by Gasteiger charge is 2.25. The Kier molecular flexibility index (Phi) is 8.48. The zero-order valence-corrected chi connectivity index (χ0v) is 20.9. The second-order valence-corrected chi connectivity index (χ2v) is 9.14. The van der Waals surface area contributed by atoms with Gasteiger partial charge < -0.3 is 10.6 Å². The summed E-state index contributed by atoms with van der Waals surface area (Å²) in [6.45, 7) is 8.56. The van der Waals surface area contributed by atoms with Gasteiger partial charge in [-0.1, -0.05) is 44.9 Å². The van der Waals surface area contributed by atoms with Crippen LogP contribution in [0.1, 0.15) is 57.3 Å². The maximum Gasteiger partial charge on any atom is 0.330 e. The summed E-state index contributed by atoms with van der Waals surface area (Å²) in [5.74, 6) is 0.206. The number of thioether (sulfide) groups is 1. The fraction of sp³-hybridized carbons (Fsp3) is 0.545. The Labute approximate surface area is 201 Å². The van der Waals surface area contributed by atoms with Crippen molar-refractivity contribution in [3.8, 4) is 0 Å². The molecule has 0 bridgehead atoms. The number of hydrogen-bond acceptors (Lipinski definition) is 8. The molecule has 0 unspecified atom stereocenters. The average Bonchev–Trinajstić information content (AvgIpc) is 3.19. The number of nitrogens with one attached hydrogen (secondary N) is 1. The first kappa shape index (κ1) is 25.5. The molecule has 3 N–H and O–H groups in total. The zero-order valence-electron chi connectivity index (χ0n) is 20.1. The van der Waals surface area contributed by atoms with Crippen molar-refractivity contribution in [1.82, 2.24) is 29.1 Å². The lowest BCUT2D eigenvalue weighted by Gasteiger charge is -2.24. The van der Waals surface area contributed by atoms with E-state index in [0.29, 0.717) is 30.4 Å². The molecule has 11 nitrogen and oxygen atoms in total. The lowest BCUT2D eigenvalue weighted by atomic mass is 10.2. The molecule has 12 heteroatoms. The summed E-state index contributed by atoms with van der Waals surface area (Å²) in [7, 11) is 0. The number of amides is 1. The molecule has 0 saturated heterocycles. The van der Waals surface area contributed by atoms with Gasteiger partial charge in [0.05, 0.1) is 5.75 Å². The van der Waals surface area contributed by atoms with Gasteiger partial charge in [0.15, 0.2) is 10.8 Å². The molecular formula is C22H32N8O3S. The van der Waals surface area contributed by atoms with E-state index in [1.165, 1.54) is 21.2 Å². The van der Waals surface area contributed by atoms with Crippen LogP contribution in [0.25, 0.3) is 5.78 Å². The van der Waals surface area contributed by atoms with Crippen LogP contribution in [0.3, 0.4) is 0 Å². The standard InChI is InChI=1S/C22H32N8O3S/c1-5-7-9-11-28(17-18(23)29(10-8-6-2)21(33)25-19(17)32)16(31)13-34-22-27-26-20-24-14(3)12-15(4)30(20)22/h12H,5-11,13,23H2,1-4H3,(H,25,32,33). The predicted molar refractivity (Wildman–Crippen MR) is 134 cm³/mol. The summed E-state index contributed by atoms with van der Waals surface area (Å²) in [4.78, 5) is 46.5. The third-order valence-electron chi connectivity index (χ3n) is 5.49. The molecule has 1 amide bonds. The average molecular weight is 489 g/mol. The quantitative estimate of drug-likeness (QED) is 0.309. The first-order chi connectivity index (χ1) is 16.3. The molecule has 0 aliphatic heterocycles. The molecular weight excluding hydrogens is 456 g/mol. The molecule has 0 atom stereocenters. The number of aromatic amines is 1. The van der Waals surface area contributed by atoms with E-state index in [4.69, 9.17) is 5.73 Å². The number of H-pyrrole nitrogens is 1. The number of carbonyl (C=O) groups excluding carboxylic acids is 1. The van der Waals surface area contributed by atoms with E-state index in [1.54, 1.807) is 4.40 Å². The monoisotopic (exact) mass is 488 g/mol. The van der Waals surface area contributed by atoms with E-state index in [2.05, 4.69) is 27.1 Å². The maximum absolute atomic E-state index is 13.4. The Bertz CT molecular complexity index is 1280. The summed E-state index contributed by atoms with van der Waals surface area (Å²) in [6.07, 6.45) is 4.13. The number of rotatable bonds is 11. The van der Waals surface area contributed by atoms with Crippen LogP contribution >= 0.6 is 11.8 Å². The van der Waals surface area contributed by atoms with E-state index < -0.39 is 11.2 Å². The molecule has 0 radical (unpaired) electrons. The fourth-order valence-electron chi connectivity index (χ4n) is 3.76. The Balaban J connectivity index is 1.92. The molecule has 0 aliphatic rings. The number of nitrogens with two attached hydrogens (primary N) is 1. The van der Waals surface area contributed by atoms with Gasteiger partial charge in [0.2, 0.25) is 5.91 Å². The number of nitrogens with zero attached hydrogens (tertiary/aromatic N) is 6. The van der Waals surface area contributed by atoms with Crippen molar-refractivity contribution in [3.05, 3.63) is 38.3 Å². The second kappa shape index (κ2) is 11.3. The van der Waals surface area contributed by atoms with Crippen molar-refractivity contribution in [1.29, 1.82) is 0 Å². The molecule has 3 heterocycles. The largest absolute Gasteiger partial charge is 0.383 e. The molecule has 0 aromatic carbocycles. The summed E-state index contributed by atoms with van der Waals surface area (Å²) in [5.41, 5.74) is 6.82. The lowest BCUT2D eigenvalue weighted by molar-refractivity contribution is -0.116. The van der Waals surface area contributed by atoms with Crippen LogP contribution in [0, 0.1) is 13.8 Å². The van der Waals surface area contributed by atoms with Gasteiger partial charge in [-0.05, 0) is 32.8 Å². The minimum Gasteiger partial charge on any atom is -0.383 e. The number of unbranched alkanes of at least 4 members (excludes halogenated alkanes) is 3. The van der Waals surface area contributed by atoms with Crippen molar-refractivity contribution in [2.75, 3.05) is 22.9 Å². The molecule has 3 aromatic heterocycles. The van der Waals surface area contributed by atoms with Gasteiger partial charge in [0.1, 0.15) is 5.82 Å². The number of fused-ring (bicyclic) bond motifs is 1. The van der Waals surface area contributed by atoms with E-state index in [-0.39, 0.29) is 23.2 Å². The van der Waals surface area contributed by atoms with Crippen LogP contribution < -0.4 is 21.9 Å². The van der Waals surface area contributed by atoms with E-state index in [9.17, 15) is 14.4 Å². The third-order valence-corrected chi connectivity index (χ3v) is 6.41. The summed E-state index contributed by atoms with van der Waals surface area (Å²) in [6, 6.07) is 1.92. The molecule has 3 aromatic rings. The highest BCUT2D eigenvalue weighted by Crippen LogP contribution is 2.23. The molecule has 0 saturated carbocycles. The second-order valence-electron chi connectivity index (χ2n) is 8.20. The topological polar surface area (TPSA) is 144 Å². The minimum atomic E-state index is -0.659. The number of nitrogen functional groups attached to an aromatic ring is 1. The third kappa shape index (κ3) is 5.49. The number of aryl methyl sites for hydroxylation is 2. The maximum atomic E-state index is 13.4. The van der Waals surface area contributed by atoms with Gasteiger partial charge in [0, 0.05) is 24.5 Å². The van der Waals surface area contributed by atoms with Gasteiger partial charge in [-0.25, -0.2) is 9.78 Å². The molecule has 34 heavy (non-hydrogen) atoms. The van der Waals surface area contributed by atoms with Crippen molar-refractivity contribution in [3.63, 3.8) is 0 Å². The lowest BCUT2D eigenvalue weighted by Crippen LogP contribution is -2.42. The molecule has 184 valence electrons. The fourth-order valence-corrected chi connectivity index (χ4v) is 4.62. The molecule has 0 fully saturated rings. The van der Waals surface area contributed by atoms with Gasteiger partial charge in [-0.2, -0.15) is 0 Å². The molecule has 3 rings (SSSR count). The zero-order chi connectivity index (χ0) is 24.8. The first-order valence-corrected chi connectivity index (χ1v) is 12.5. The Morgan fingerprint density at radius 3 is 2.59 bits per heavy atom. The number of carbonyl (C=O) groups is 1. The normalized spacial score (nSPS) is 11.3. The number of aromatic nitrogens is 6. The number of hydrogen-bond donors (Lipinski definition) is 2. The van der Waals surface area contributed by atoms with Crippen molar-refractivity contribution in [2.45, 2.75) is 71.5 Å². The van der Waals surface area contributed by atoms with E-state index in [0.717, 1.165) is 37.1 Å². The van der Waals surface area contributed by atoms with Crippen molar-refractivity contribution >= 4 is 35.0 Å². The van der Waals surface area contributed by atoms with Crippen molar-refractivity contribution < 1.29 is 4.79 Å². The van der Waals surface area contributed by atoms with Crippen LogP contribution in [-0.2, 0) is 11.3 Å². The summed E-state index contributed by atoms with van der Waals surface area (Å²) < 4.78 is 3.12. The smallest absolute Gasteiger partial charge is 0.330 e. The Hall–Kier alpha value is -3.15. The van der Waals surface area contributed by atoms with Crippen LogP contribution in [0.2, 0.25) is 0 Å². The Morgan fingerprint density at radius 1 is 1.15 bits per heavy atom. The van der Waals surface area contributed by atoms with Gasteiger partial charge in [-0.3, -0.25) is 23.5 Å². The van der Waals surface area contributed by atoms with Crippen LogP contribution in [-0.4, -0.2) is 47.3 Å². The van der Waals surface area contributed by atoms with E-state index in [1.807, 2.05) is 26.8 Å². The molecule has 0 spiro atoms. The first-order valence-electron chi connectivity index (χ1n) is 11.5. The van der Waals surface area contributed by atoms with Gasteiger partial charge in [-0.15, -0.1) is 10.2 Å². The highest BCUT2D eigenvalue weighted by molar-refractivity contribution is 7.99.